The van der Waals surface area contributed by atoms with Crippen LogP contribution in [0.3, 0.4) is 0 Å². The van der Waals surface area contributed by atoms with E-state index in [1.807, 2.05) is 0 Å². The quantitative estimate of drug-likeness (QED) is 0.761. The van der Waals surface area contributed by atoms with Gasteiger partial charge >= 0.3 is 0 Å². The van der Waals surface area contributed by atoms with E-state index in [0.29, 0.717) is 6.04 Å². The zero-order valence-corrected chi connectivity index (χ0v) is 12.0. The van der Waals surface area contributed by atoms with Crippen LogP contribution in [0.5, 0.6) is 0 Å². The average molecular weight is 270 g/mol. The molecule has 0 bridgehead atoms. The Morgan fingerprint density at radius 3 is 2.37 bits per heavy atom. The molecular weight excluding hydrogens is 244 g/mol. The zero-order chi connectivity index (χ0) is 13.5. The average Bonchev–Trinajstić information content (AvgIpc) is 2.80. The molecule has 3 rings (SSSR count). The zero-order valence-electron chi connectivity index (χ0n) is 12.0. The Morgan fingerprint density at radius 1 is 1.11 bits per heavy atom. The van der Waals surface area contributed by atoms with Crippen molar-refractivity contribution >= 4 is 0 Å². The minimum atomic E-state index is -0.356. The van der Waals surface area contributed by atoms with E-state index in [2.05, 4.69) is 18.7 Å². The van der Waals surface area contributed by atoms with Crippen molar-refractivity contribution in [2.75, 3.05) is 26.3 Å². The van der Waals surface area contributed by atoms with E-state index < -0.39 is 0 Å². The van der Waals surface area contributed by atoms with Gasteiger partial charge in [-0.25, -0.2) is 0 Å². The van der Waals surface area contributed by atoms with E-state index in [1.165, 1.54) is 0 Å². The third-order valence-corrected chi connectivity index (χ3v) is 4.60. The predicted molar refractivity (Wildman–Crippen MR) is 71.8 cm³/mol. The summed E-state index contributed by atoms with van der Waals surface area (Å²) in [4.78, 5) is 2.48. The van der Waals surface area contributed by atoms with Crippen molar-refractivity contribution in [3.63, 3.8) is 0 Å². The highest BCUT2D eigenvalue weighted by Gasteiger charge is 2.46. The molecule has 1 saturated carbocycles. The molecule has 3 fully saturated rings. The number of nitrogens with two attached hydrogens (primary N) is 1. The van der Waals surface area contributed by atoms with E-state index in [1.54, 1.807) is 0 Å². The van der Waals surface area contributed by atoms with E-state index in [0.717, 1.165) is 45.6 Å². The molecule has 5 nitrogen and oxygen atoms in total. The summed E-state index contributed by atoms with van der Waals surface area (Å²) in [5.41, 5.74) is 6.36. The fourth-order valence-electron chi connectivity index (χ4n) is 3.80. The minimum absolute atomic E-state index is 0.218. The molecule has 19 heavy (non-hydrogen) atoms. The van der Waals surface area contributed by atoms with Crippen LogP contribution in [0.4, 0.5) is 0 Å². The van der Waals surface area contributed by atoms with E-state index >= 15 is 0 Å². The molecule has 4 unspecified atom stereocenters. The third-order valence-electron chi connectivity index (χ3n) is 4.60. The minimum Gasteiger partial charge on any atom is -0.373 e. The molecule has 1 aliphatic carbocycles. The first-order valence-electron chi connectivity index (χ1n) is 7.51. The lowest BCUT2D eigenvalue weighted by Crippen LogP contribution is -2.60. The first-order chi connectivity index (χ1) is 9.08. The van der Waals surface area contributed by atoms with Crippen molar-refractivity contribution in [1.82, 2.24) is 4.90 Å². The molecule has 0 aromatic rings. The van der Waals surface area contributed by atoms with Crippen molar-refractivity contribution in [3.8, 4) is 0 Å². The summed E-state index contributed by atoms with van der Waals surface area (Å²) in [6.07, 6.45) is 3.36. The second-order valence-corrected chi connectivity index (χ2v) is 6.29. The molecule has 0 aromatic heterocycles. The largest absolute Gasteiger partial charge is 0.373 e. The number of morpholine rings is 1. The Labute approximate surface area is 115 Å². The third kappa shape index (κ3) is 2.81. The summed E-state index contributed by atoms with van der Waals surface area (Å²) < 4.78 is 17.6. The van der Waals surface area contributed by atoms with Gasteiger partial charge in [0.1, 0.15) is 0 Å². The molecule has 0 radical (unpaired) electrons. The summed E-state index contributed by atoms with van der Waals surface area (Å²) in [7, 11) is 0. The Hall–Kier alpha value is -0.200. The summed E-state index contributed by atoms with van der Waals surface area (Å²) in [5.74, 6) is -0.356. The van der Waals surface area contributed by atoms with Gasteiger partial charge in [-0.15, -0.1) is 0 Å². The standard InChI is InChI=1S/C14H26N2O3/c1-10-8-16(9-11(2)19-10)13-7-14(4-3-12(13)15)17-5-6-18-14/h10-13H,3-9,15H2,1-2H3. The summed E-state index contributed by atoms with van der Waals surface area (Å²) in [5, 5.41) is 0. The van der Waals surface area contributed by atoms with Crippen LogP contribution in [0.15, 0.2) is 0 Å². The SMILES string of the molecule is CC1CN(C2CC3(CCC2N)OCCO3)CC(C)O1. The molecule has 2 heterocycles. The van der Waals surface area contributed by atoms with Crippen LogP contribution >= 0.6 is 0 Å². The van der Waals surface area contributed by atoms with Gasteiger partial charge < -0.3 is 19.9 Å². The van der Waals surface area contributed by atoms with Crippen LogP contribution in [-0.2, 0) is 14.2 Å². The lowest BCUT2D eigenvalue weighted by molar-refractivity contribution is -0.198. The van der Waals surface area contributed by atoms with Crippen LogP contribution in [0, 0.1) is 0 Å². The van der Waals surface area contributed by atoms with Crippen LogP contribution in [-0.4, -0.2) is 61.3 Å². The molecular formula is C14H26N2O3. The van der Waals surface area contributed by atoms with Crippen molar-refractivity contribution in [2.24, 2.45) is 5.73 Å². The van der Waals surface area contributed by atoms with Crippen LogP contribution in [0.25, 0.3) is 0 Å². The van der Waals surface area contributed by atoms with Gasteiger partial charge in [0.15, 0.2) is 5.79 Å². The Kier molecular flexibility index (Phi) is 3.84. The summed E-state index contributed by atoms with van der Waals surface area (Å²) in [6.45, 7) is 7.62. The topological polar surface area (TPSA) is 57.0 Å². The van der Waals surface area contributed by atoms with Gasteiger partial charge in [-0.05, 0) is 20.3 Å². The summed E-state index contributed by atoms with van der Waals surface area (Å²) in [6, 6.07) is 0.566. The fourth-order valence-corrected chi connectivity index (χ4v) is 3.80. The second kappa shape index (κ2) is 5.30. The highest BCUT2D eigenvalue weighted by molar-refractivity contribution is 4.96. The predicted octanol–water partition coefficient (Wildman–Crippen LogP) is 0.719. The first kappa shape index (κ1) is 13.8. The highest BCUT2D eigenvalue weighted by Crippen LogP contribution is 2.37. The number of hydrogen-bond acceptors (Lipinski definition) is 5. The van der Waals surface area contributed by atoms with Gasteiger partial charge in [-0.3, -0.25) is 4.90 Å². The van der Waals surface area contributed by atoms with Crippen molar-refractivity contribution in [2.45, 2.75) is 63.2 Å². The van der Waals surface area contributed by atoms with Gasteiger partial charge in [0, 0.05) is 38.0 Å². The van der Waals surface area contributed by atoms with Crippen molar-refractivity contribution in [1.29, 1.82) is 0 Å². The Bertz CT molecular complexity index is 310. The van der Waals surface area contributed by atoms with Crippen molar-refractivity contribution in [3.05, 3.63) is 0 Å². The Morgan fingerprint density at radius 2 is 1.74 bits per heavy atom. The molecule has 0 amide bonds. The van der Waals surface area contributed by atoms with E-state index in [-0.39, 0.29) is 24.0 Å². The molecule has 5 heteroatoms. The van der Waals surface area contributed by atoms with Gasteiger partial charge in [0.2, 0.25) is 0 Å². The highest BCUT2D eigenvalue weighted by atomic mass is 16.7. The lowest BCUT2D eigenvalue weighted by atomic mass is 9.84. The van der Waals surface area contributed by atoms with E-state index in [4.69, 9.17) is 19.9 Å². The summed E-state index contributed by atoms with van der Waals surface area (Å²) >= 11 is 0. The molecule has 110 valence electrons. The van der Waals surface area contributed by atoms with Gasteiger partial charge in [-0.2, -0.15) is 0 Å². The van der Waals surface area contributed by atoms with Gasteiger partial charge in [0.05, 0.1) is 25.4 Å². The maximum Gasteiger partial charge on any atom is 0.170 e. The first-order valence-corrected chi connectivity index (χ1v) is 7.51. The van der Waals surface area contributed by atoms with Crippen LogP contribution in [0.2, 0.25) is 0 Å². The number of ether oxygens (including phenoxy) is 3. The maximum atomic E-state index is 6.36. The smallest absolute Gasteiger partial charge is 0.170 e. The monoisotopic (exact) mass is 270 g/mol. The van der Waals surface area contributed by atoms with E-state index in [9.17, 15) is 0 Å². The molecule has 3 aliphatic rings. The lowest BCUT2D eigenvalue weighted by Gasteiger charge is -2.47. The van der Waals surface area contributed by atoms with Crippen molar-refractivity contribution < 1.29 is 14.2 Å². The molecule has 2 N–H and O–H groups in total. The van der Waals surface area contributed by atoms with Crippen LogP contribution in [0.1, 0.15) is 33.1 Å². The number of rotatable bonds is 1. The normalized spacial score (nSPS) is 43.7. The number of nitrogens with zero attached hydrogens (tertiary/aromatic N) is 1. The van der Waals surface area contributed by atoms with Gasteiger partial charge in [-0.1, -0.05) is 0 Å². The second-order valence-electron chi connectivity index (χ2n) is 6.29. The molecule has 4 atom stereocenters. The molecule has 2 aliphatic heterocycles. The Balaban J connectivity index is 1.70. The molecule has 1 spiro atoms. The van der Waals surface area contributed by atoms with Gasteiger partial charge in [0.25, 0.3) is 0 Å². The molecule has 2 saturated heterocycles. The fraction of sp³-hybridized carbons (Fsp3) is 1.00. The molecule has 0 aromatic carbocycles. The van der Waals surface area contributed by atoms with Crippen LogP contribution < -0.4 is 5.73 Å². The number of hydrogen-bond donors (Lipinski definition) is 1. The maximum absolute atomic E-state index is 6.36.